The van der Waals surface area contributed by atoms with Crippen molar-refractivity contribution in [1.29, 1.82) is 0 Å². The van der Waals surface area contributed by atoms with Crippen LogP contribution in [0, 0.1) is 0 Å². The molecule has 0 saturated carbocycles. The zero-order chi connectivity index (χ0) is 8.81. The summed E-state index contributed by atoms with van der Waals surface area (Å²) in [5, 5.41) is 3.28. The Hall–Kier alpha value is -0.990. The van der Waals surface area contributed by atoms with Gasteiger partial charge in [-0.1, -0.05) is 19.8 Å². The van der Waals surface area contributed by atoms with Crippen LogP contribution in [0.25, 0.3) is 0 Å². The van der Waals surface area contributed by atoms with Crippen molar-refractivity contribution in [3.63, 3.8) is 0 Å². The van der Waals surface area contributed by atoms with Gasteiger partial charge in [0.15, 0.2) is 0 Å². The van der Waals surface area contributed by atoms with Gasteiger partial charge in [-0.3, -0.25) is 0 Å². The summed E-state index contributed by atoms with van der Waals surface area (Å²) in [6.45, 7) is 3.24. The van der Waals surface area contributed by atoms with Crippen LogP contribution in [-0.4, -0.2) is 16.1 Å². The minimum absolute atomic E-state index is 0.964. The lowest BCUT2D eigenvalue weighted by Crippen LogP contribution is -2.06. The van der Waals surface area contributed by atoms with E-state index in [1.165, 1.54) is 19.3 Å². The molecule has 0 aliphatic heterocycles. The van der Waals surface area contributed by atoms with Gasteiger partial charge in [0, 0.05) is 26.0 Å². The Morgan fingerprint density at radius 3 is 2.92 bits per heavy atom. The first-order valence-electron chi connectivity index (χ1n) is 4.55. The molecule has 0 spiro atoms. The van der Waals surface area contributed by atoms with Crippen molar-refractivity contribution >= 4 is 5.95 Å². The van der Waals surface area contributed by atoms with Gasteiger partial charge in [0.05, 0.1) is 0 Å². The fourth-order valence-electron chi connectivity index (χ4n) is 1.11. The van der Waals surface area contributed by atoms with Gasteiger partial charge in [-0.25, -0.2) is 4.98 Å². The summed E-state index contributed by atoms with van der Waals surface area (Å²) >= 11 is 0. The first-order valence-corrected chi connectivity index (χ1v) is 4.55. The van der Waals surface area contributed by atoms with Crippen LogP contribution in [0.4, 0.5) is 5.95 Å². The number of hydrogen-bond donors (Lipinski definition) is 1. The van der Waals surface area contributed by atoms with E-state index in [9.17, 15) is 0 Å². The normalized spacial score (nSPS) is 10.2. The molecule has 1 aromatic rings. The van der Waals surface area contributed by atoms with Crippen molar-refractivity contribution in [2.24, 2.45) is 7.05 Å². The number of nitrogens with zero attached hydrogens (tertiary/aromatic N) is 2. The maximum Gasteiger partial charge on any atom is 0.202 e. The molecule has 1 N–H and O–H groups in total. The number of aromatic nitrogens is 2. The van der Waals surface area contributed by atoms with Gasteiger partial charge in [0.25, 0.3) is 0 Å². The van der Waals surface area contributed by atoms with Crippen molar-refractivity contribution in [1.82, 2.24) is 9.55 Å². The first-order chi connectivity index (χ1) is 5.84. The molecule has 0 fully saturated rings. The van der Waals surface area contributed by atoms with Gasteiger partial charge in [-0.05, 0) is 6.42 Å². The van der Waals surface area contributed by atoms with Crippen LogP contribution in [0.1, 0.15) is 26.2 Å². The largest absolute Gasteiger partial charge is 0.356 e. The average Bonchev–Trinajstić information content (AvgIpc) is 2.46. The topological polar surface area (TPSA) is 29.9 Å². The van der Waals surface area contributed by atoms with E-state index < -0.39 is 0 Å². The van der Waals surface area contributed by atoms with E-state index in [0.29, 0.717) is 0 Å². The lowest BCUT2D eigenvalue weighted by molar-refractivity contribution is 0.736. The Morgan fingerprint density at radius 2 is 2.33 bits per heavy atom. The molecule has 0 bridgehead atoms. The molecule has 12 heavy (non-hydrogen) atoms. The Kier molecular flexibility index (Phi) is 3.64. The second-order valence-electron chi connectivity index (χ2n) is 3.00. The quantitative estimate of drug-likeness (QED) is 0.680. The molecular weight excluding hydrogens is 150 g/mol. The number of anilines is 1. The van der Waals surface area contributed by atoms with Gasteiger partial charge in [0.2, 0.25) is 5.95 Å². The van der Waals surface area contributed by atoms with Gasteiger partial charge in [-0.2, -0.15) is 0 Å². The van der Waals surface area contributed by atoms with Crippen LogP contribution in [0.15, 0.2) is 12.4 Å². The van der Waals surface area contributed by atoms with E-state index in [1.54, 1.807) is 0 Å². The third-order valence-corrected chi connectivity index (χ3v) is 1.88. The fourth-order valence-corrected chi connectivity index (χ4v) is 1.11. The van der Waals surface area contributed by atoms with Crippen molar-refractivity contribution in [3.8, 4) is 0 Å². The van der Waals surface area contributed by atoms with Crippen LogP contribution in [0.5, 0.6) is 0 Å². The van der Waals surface area contributed by atoms with Crippen LogP contribution >= 0.6 is 0 Å². The minimum Gasteiger partial charge on any atom is -0.356 e. The van der Waals surface area contributed by atoms with E-state index in [1.807, 2.05) is 24.0 Å². The lowest BCUT2D eigenvalue weighted by atomic mass is 10.2. The van der Waals surface area contributed by atoms with Gasteiger partial charge in [0.1, 0.15) is 0 Å². The van der Waals surface area contributed by atoms with Gasteiger partial charge >= 0.3 is 0 Å². The van der Waals surface area contributed by atoms with E-state index in [0.717, 1.165) is 12.5 Å². The molecule has 0 amide bonds. The van der Waals surface area contributed by atoms with Crippen molar-refractivity contribution in [2.45, 2.75) is 26.2 Å². The number of hydrogen-bond acceptors (Lipinski definition) is 2. The predicted octanol–water partition coefficient (Wildman–Crippen LogP) is 2.02. The predicted molar refractivity (Wildman–Crippen MR) is 51.2 cm³/mol. The number of rotatable bonds is 5. The molecule has 3 heteroatoms. The van der Waals surface area contributed by atoms with Crippen LogP contribution in [-0.2, 0) is 7.05 Å². The summed E-state index contributed by atoms with van der Waals surface area (Å²) in [5.41, 5.74) is 0. The summed E-state index contributed by atoms with van der Waals surface area (Å²) in [6, 6.07) is 0. The summed E-state index contributed by atoms with van der Waals surface area (Å²) < 4.78 is 1.99. The number of unbranched alkanes of at least 4 members (excludes halogenated alkanes) is 2. The Morgan fingerprint density at radius 1 is 1.50 bits per heavy atom. The van der Waals surface area contributed by atoms with Gasteiger partial charge < -0.3 is 9.88 Å². The van der Waals surface area contributed by atoms with Gasteiger partial charge in [-0.15, -0.1) is 0 Å². The molecule has 0 aliphatic carbocycles. The van der Waals surface area contributed by atoms with Crippen molar-refractivity contribution in [3.05, 3.63) is 12.4 Å². The fraction of sp³-hybridized carbons (Fsp3) is 0.667. The van der Waals surface area contributed by atoms with Crippen LogP contribution in [0.3, 0.4) is 0 Å². The highest BCUT2D eigenvalue weighted by Gasteiger charge is 1.95. The van der Waals surface area contributed by atoms with Crippen molar-refractivity contribution < 1.29 is 0 Å². The minimum atomic E-state index is 0.964. The Bertz CT molecular complexity index is 217. The number of nitrogens with one attached hydrogen (secondary N) is 1. The van der Waals surface area contributed by atoms with E-state index in [2.05, 4.69) is 17.2 Å². The maximum absolute atomic E-state index is 4.17. The highest BCUT2D eigenvalue weighted by atomic mass is 15.2. The molecule has 1 aromatic heterocycles. The number of imidazole rings is 1. The van der Waals surface area contributed by atoms with E-state index in [-0.39, 0.29) is 0 Å². The Balaban J connectivity index is 2.20. The highest BCUT2D eigenvalue weighted by Crippen LogP contribution is 2.01. The molecular formula is C9H17N3. The summed E-state index contributed by atoms with van der Waals surface area (Å²) in [7, 11) is 2.00. The molecule has 0 radical (unpaired) electrons. The molecule has 0 saturated heterocycles. The molecule has 0 aromatic carbocycles. The number of aryl methyl sites for hydroxylation is 1. The summed E-state index contributed by atoms with van der Waals surface area (Å²) in [4.78, 5) is 4.17. The summed E-state index contributed by atoms with van der Waals surface area (Å²) in [6.07, 6.45) is 7.54. The molecule has 1 rings (SSSR count). The maximum atomic E-state index is 4.17. The average molecular weight is 167 g/mol. The van der Waals surface area contributed by atoms with Crippen LogP contribution in [0.2, 0.25) is 0 Å². The lowest BCUT2D eigenvalue weighted by Gasteiger charge is -2.04. The molecule has 0 unspecified atom stereocenters. The van der Waals surface area contributed by atoms with Crippen molar-refractivity contribution in [2.75, 3.05) is 11.9 Å². The highest BCUT2D eigenvalue weighted by molar-refractivity contribution is 5.24. The third-order valence-electron chi connectivity index (χ3n) is 1.88. The zero-order valence-corrected chi connectivity index (χ0v) is 7.88. The zero-order valence-electron chi connectivity index (χ0n) is 7.88. The molecule has 0 aliphatic rings. The first kappa shape index (κ1) is 9.10. The molecule has 1 heterocycles. The molecule has 68 valence electrons. The third kappa shape index (κ3) is 2.57. The molecule has 3 nitrogen and oxygen atoms in total. The second kappa shape index (κ2) is 4.80. The Labute approximate surface area is 73.8 Å². The van der Waals surface area contributed by atoms with Crippen LogP contribution < -0.4 is 5.32 Å². The smallest absolute Gasteiger partial charge is 0.202 e. The standard InChI is InChI=1S/C9H17N3/c1-3-4-5-6-10-9-11-7-8-12(9)2/h7-8H,3-6H2,1-2H3,(H,10,11). The SMILES string of the molecule is CCCCCNc1nccn1C. The summed E-state index contributed by atoms with van der Waals surface area (Å²) in [5.74, 6) is 0.964. The monoisotopic (exact) mass is 167 g/mol. The second-order valence-corrected chi connectivity index (χ2v) is 3.00. The van der Waals surface area contributed by atoms with E-state index in [4.69, 9.17) is 0 Å². The molecule has 0 atom stereocenters. The van der Waals surface area contributed by atoms with E-state index >= 15 is 0 Å².